The van der Waals surface area contributed by atoms with E-state index in [2.05, 4.69) is 42.4 Å². The van der Waals surface area contributed by atoms with Crippen LogP contribution in [0.4, 0.5) is 5.69 Å². The highest BCUT2D eigenvalue weighted by Crippen LogP contribution is 2.26. The fourth-order valence-corrected chi connectivity index (χ4v) is 2.85. The van der Waals surface area contributed by atoms with Gasteiger partial charge in [-0.1, -0.05) is 19.1 Å². The first-order valence-corrected chi connectivity index (χ1v) is 7.85. The highest BCUT2D eigenvalue weighted by atomic mass is 16.3. The molecule has 112 valence electrons. The molecular formula is C17H28N2O. The second kappa shape index (κ2) is 7.65. The predicted molar refractivity (Wildman–Crippen MR) is 85.2 cm³/mol. The summed E-state index contributed by atoms with van der Waals surface area (Å²) in [5.74, 6) is 0.427. The van der Waals surface area contributed by atoms with Crippen molar-refractivity contribution >= 4 is 5.69 Å². The molecule has 2 N–H and O–H groups in total. The van der Waals surface area contributed by atoms with Gasteiger partial charge in [0.05, 0.1) is 0 Å². The fourth-order valence-electron chi connectivity index (χ4n) is 2.85. The lowest BCUT2D eigenvalue weighted by atomic mass is 9.99. The van der Waals surface area contributed by atoms with Crippen LogP contribution in [-0.2, 0) is 13.0 Å². The molecular weight excluding hydrogens is 248 g/mol. The molecule has 1 aromatic carbocycles. The number of aryl methyl sites for hydroxylation is 1. The smallest absolute Gasteiger partial charge is 0.0456 e. The Hall–Kier alpha value is -1.06. The van der Waals surface area contributed by atoms with Gasteiger partial charge in [-0.05, 0) is 55.3 Å². The van der Waals surface area contributed by atoms with E-state index in [4.69, 9.17) is 5.11 Å². The van der Waals surface area contributed by atoms with Gasteiger partial charge in [-0.2, -0.15) is 0 Å². The molecule has 0 amide bonds. The lowest BCUT2D eigenvalue weighted by Crippen LogP contribution is -2.25. The maximum absolute atomic E-state index is 8.98. The Kier molecular flexibility index (Phi) is 5.86. The summed E-state index contributed by atoms with van der Waals surface area (Å²) in [6, 6.07) is 6.86. The van der Waals surface area contributed by atoms with Crippen LogP contribution in [0.3, 0.4) is 0 Å². The second-order valence-corrected chi connectivity index (χ2v) is 6.09. The number of fused-ring (bicyclic) bond motifs is 1. The van der Waals surface area contributed by atoms with E-state index >= 15 is 0 Å². The van der Waals surface area contributed by atoms with Crippen molar-refractivity contribution in [3.8, 4) is 0 Å². The third-order valence-electron chi connectivity index (χ3n) is 4.19. The normalized spacial score (nSPS) is 16.1. The largest absolute Gasteiger partial charge is 0.396 e. The molecule has 20 heavy (non-hydrogen) atoms. The molecule has 0 radical (unpaired) electrons. The minimum absolute atomic E-state index is 0.304. The Balaban J connectivity index is 1.76. The minimum Gasteiger partial charge on any atom is -0.396 e. The van der Waals surface area contributed by atoms with Crippen molar-refractivity contribution < 1.29 is 5.11 Å². The average molecular weight is 276 g/mol. The van der Waals surface area contributed by atoms with Crippen LogP contribution in [0.5, 0.6) is 0 Å². The van der Waals surface area contributed by atoms with Crippen LogP contribution >= 0.6 is 0 Å². The van der Waals surface area contributed by atoms with Gasteiger partial charge in [0.15, 0.2) is 0 Å². The van der Waals surface area contributed by atoms with E-state index in [9.17, 15) is 0 Å². The Morgan fingerprint density at radius 3 is 3.05 bits per heavy atom. The van der Waals surface area contributed by atoms with Gasteiger partial charge < -0.3 is 15.3 Å². The zero-order chi connectivity index (χ0) is 14.4. The SMILES string of the molecule is CC(CO)CCCNCc1ccc2c(c1)CCCN2C. The van der Waals surface area contributed by atoms with Crippen molar-refractivity contribution in [3.63, 3.8) is 0 Å². The molecule has 1 aliphatic rings. The van der Waals surface area contributed by atoms with Gasteiger partial charge >= 0.3 is 0 Å². The van der Waals surface area contributed by atoms with Gasteiger partial charge in [0.1, 0.15) is 0 Å². The number of aliphatic hydroxyl groups excluding tert-OH is 1. The molecule has 0 saturated carbocycles. The number of anilines is 1. The maximum Gasteiger partial charge on any atom is 0.0456 e. The van der Waals surface area contributed by atoms with Crippen molar-refractivity contribution in [2.75, 3.05) is 31.6 Å². The van der Waals surface area contributed by atoms with Crippen molar-refractivity contribution in [2.45, 2.75) is 39.2 Å². The first-order chi connectivity index (χ1) is 9.70. The van der Waals surface area contributed by atoms with E-state index in [-0.39, 0.29) is 0 Å². The lowest BCUT2D eigenvalue weighted by molar-refractivity contribution is 0.228. The van der Waals surface area contributed by atoms with E-state index in [1.165, 1.54) is 36.2 Å². The monoisotopic (exact) mass is 276 g/mol. The number of hydrogen-bond acceptors (Lipinski definition) is 3. The molecule has 1 atom stereocenters. The molecule has 2 rings (SSSR count). The maximum atomic E-state index is 8.98. The first kappa shape index (κ1) is 15.3. The standard InChI is InChI=1S/C17H28N2O/c1-14(13-20)5-3-9-18-12-15-7-8-17-16(11-15)6-4-10-19(17)2/h7-8,11,14,18,20H,3-6,9-10,12-13H2,1-2H3. The van der Waals surface area contributed by atoms with Gasteiger partial charge in [0.25, 0.3) is 0 Å². The summed E-state index contributed by atoms with van der Waals surface area (Å²) in [6.07, 6.45) is 4.70. The van der Waals surface area contributed by atoms with Crippen molar-refractivity contribution in [1.29, 1.82) is 0 Å². The van der Waals surface area contributed by atoms with E-state index in [0.29, 0.717) is 12.5 Å². The highest BCUT2D eigenvalue weighted by Gasteiger charge is 2.13. The van der Waals surface area contributed by atoms with Gasteiger partial charge in [0, 0.05) is 32.4 Å². The van der Waals surface area contributed by atoms with Gasteiger partial charge in [0.2, 0.25) is 0 Å². The number of nitrogens with one attached hydrogen (secondary N) is 1. The molecule has 0 bridgehead atoms. The minimum atomic E-state index is 0.304. The molecule has 1 heterocycles. The number of rotatable bonds is 7. The number of benzene rings is 1. The van der Waals surface area contributed by atoms with Crippen LogP contribution < -0.4 is 10.2 Å². The molecule has 0 aliphatic carbocycles. The Morgan fingerprint density at radius 2 is 2.25 bits per heavy atom. The van der Waals surface area contributed by atoms with Crippen LogP contribution in [0.2, 0.25) is 0 Å². The Morgan fingerprint density at radius 1 is 1.40 bits per heavy atom. The van der Waals surface area contributed by atoms with E-state index < -0.39 is 0 Å². The predicted octanol–water partition coefficient (Wildman–Crippen LogP) is 2.57. The summed E-state index contributed by atoms with van der Waals surface area (Å²) in [6.45, 7) is 5.55. The van der Waals surface area contributed by atoms with Crippen LogP contribution in [0.15, 0.2) is 18.2 Å². The molecule has 1 unspecified atom stereocenters. The topological polar surface area (TPSA) is 35.5 Å². The Bertz CT molecular complexity index is 419. The number of aliphatic hydroxyl groups is 1. The third-order valence-corrected chi connectivity index (χ3v) is 4.19. The summed E-state index contributed by atoms with van der Waals surface area (Å²) in [7, 11) is 2.18. The van der Waals surface area contributed by atoms with E-state index in [0.717, 1.165) is 25.9 Å². The third kappa shape index (κ3) is 4.22. The summed E-state index contributed by atoms with van der Waals surface area (Å²) in [5, 5.41) is 12.5. The molecule has 1 aromatic rings. The second-order valence-electron chi connectivity index (χ2n) is 6.09. The summed E-state index contributed by atoms with van der Waals surface area (Å²) in [5.41, 5.74) is 4.28. The van der Waals surface area contributed by atoms with Gasteiger partial charge in [-0.3, -0.25) is 0 Å². The van der Waals surface area contributed by atoms with Crippen molar-refractivity contribution in [1.82, 2.24) is 5.32 Å². The summed E-state index contributed by atoms with van der Waals surface area (Å²) >= 11 is 0. The van der Waals surface area contributed by atoms with Crippen molar-refractivity contribution in [3.05, 3.63) is 29.3 Å². The molecule has 0 saturated heterocycles. The average Bonchev–Trinajstić information content (AvgIpc) is 2.46. The molecule has 0 aromatic heterocycles. The molecule has 1 aliphatic heterocycles. The number of nitrogens with zero attached hydrogens (tertiary/aromatic N) is 1. The first-order valence-electron chi connectivity index (χ1n) is 7.85. The zero-order valence-corrected chi connectivity index (χ0v) is 12.9. The molecule has 0 fully saturated rings. The highest BCUT2D eigenvalue weighted by molar-refractivity contribution is 5.56. The van der Waals surface area contributed by atoms with Gasteiger partial charge in [-0.25, -0.2) is 0 Å². The number of hydrogen-bond donors (Lipinski definition) is 2. The summed E-state index contributed by atoms with van der Waals surface area (Å²) < 4.78 is 0. The Labute approximate surface area is 123 Å². The summed E-state index contributed by atoms with van der Waals surface area (Å²) in [4.78, 5) is 2.35. The van der Waals surface area contributed by atoms with E-state index in [1.807, 2.05) is 0 Å². The molecule has 3 heteroatoms. The van der Waals surface area contributed by atoms with Crippen molar-refractivity contribution in [2.24, 2.45) is 5.92 Å². The zero-order valence-electron chi connectivity index (χ0n) is 12.9. The van der Waals surface area contributed by atoms with E-state index in [1.54, 1.807) is 0 Å². The van der Waals surface area contributed by atoms with Crippen LogP contribution in [0.25, 0.3) is 0 Å². The fraction of sp³-hybridized carbons (Fsp3) is 0.647. The van der Waals surface area contributed by atoms with Gasteiger partial charge in [-0.15, -0.1) is 0 Å². The molecule has 0 spiro atoms. The van der Waals surface area contributed by atoms with Crippen LogP contribution in [-0.4, -0.2) is 31.9 Å². The van der Waals surface area contributed by atoms with Crippen LogP contribution in [0.1, 0.15) is 37.3 Å². The lowest BCUT2D eigenvalue weighted by Gasteiger charge is -2.27. The quantitative estimate of drug-likeness (QED) is 0.751. The molecule has 3 nitrogen and oxygen atoms in total. The van der Waals surface area contributed by atoms with Crippen LogP contribution in [0, 0.1) is 5.92 Å².